The Hall–Kier alpha value is -1.83. The fraction of sp³-hybridized carbons (Fsp3) is 0.542. The molecule has 0 spiro atoms. The Morgan fingerprint density at radius 3 is 2.53 bits per heavy atom. The fourth-order valence-corrected chi connectivity index (χ4v) is 5.23. The highest BCUT2D eigenvalue weighted by Gasteiger charge is 2.35. The highest BCUT2D eigenvalue weighted by atomic mass is 35.5. The number of hydrogen-bond donors (Lipinski definition) is 0. The molecular weight excluding hydrogens is 448 g/mol. The van der Waals surface area contributed by atoms with E-state index in [0.29, 0.717) is 13.2 Å². The number of benzene rings is 2. The van der Waals surface area contributed by atoms with Gasteiger partial charge in [0.2, 0.25) is 0 Å². The van der Waals surface area contributed by atoms with E-state index in [2.05, 4.69) is 9.48 Å². The van der Waals surface area contributed by atoms with E-state index in [1.54, 1.807) is 7.11 Å². The van der Waals surface area contributed by atoms with Gasteiger partial charge in [-0.3, -0.25) is 4.79 Å². The Bertz CT molecular complexity index is 905. The van der Waals surface area contributed by atoms with Crippen LogP contribution in [0.15, 0.2) is 41.0 Å². The third-order valence-electron chi connectivity index (χ3n) is 6.20. The van der Waals surface area contributed by atoms with Gasteiger partial charge in [-0.15, -0.1) is 17.3 Å². The molecule has 0 N–H and O–H groups in total. The van der Waals surface area contributed by atoms with E-state index < -0.39 is 0 Å². The van der Waals surface area contributed by atoms with Crippen LogP contribution in [0.5, 0.6) is 5.75 Å². The van der Waals surface area contributed by atoms with E-state index in [-0.39, 0.29) is 29.0 Å². The summed E-state index contributed by atoms with van der Waals surface area (Å²) in [7, 11) is 3.66. The molecule has 0 unspecified atom stereocenters. The molecule has 8 heteroatoms. The third kappa shape index (κ3) is 6.83. The third-order valence-corrected chi connectivity index (χ3v) is 7.20. The van der Waals surface area contributed by atoms with Crippen molar-refractivity contribution < 1.29 is 14.3 Å². The Morgan fingerprint density at radius 1 is 1.16 bits per heavy atom. The van der Waals surface area contributed by atoms with Crippen LogP contribution in [0.2, 0.25) is 0 Å². The number of fused-ring (bicyclic) bond motifs is 1. The number of carbonyl (C=O) groups excluding carboxylic acids is 1. The van der Waals surface area contributed by atoms with Crippen molar-refractivity contribution in [2.45, 2.75) is 49.7 Å². The first-order chi connectivity index (χ1) is 15.0. The lowest BCUT2D eigenvalue weighted by atomic mass is 9.88. The lowest BCUT2D eigenvalue weighted by molar-refractivity contribution is -0.145. The van der Waals surface area contributed by atoms with Crippen LogP contribution in [-0.4, -0.2) is 49.5 Å². The number of hydrogen-bond acceptors (Lipinski definition) is 7. The number of halogens is 1. The minimum absolute atomic E-state index is 0. The van der Waals surface area contributed by atoms with Crippen LogP contribution in [0.1, 0.15) is 50.5 Å². The van der Waals surface area contributed by atoms with Gasteiger partial charge in [-0.2, -0.15) is 0 Å². The smallest absolute Gasteiger partial charge is 0.313 e. The highest BCUT2D eigenvalue weighted by Crippen LogP contribution is 2.40. The van der Waals surface area contributed by atoms with Crippen LogP contribution in [0, 0.1) is 4.91 Å². The summed E-state index contributed by atoms with van der Waals surface area (Å²) in [5.41, 5.74) is 0.936. The van der Waals surface area contributed by atoms with Gasteiger partial charge in [0.05, 0.1) is 17.8 Å². The second-order valence-corrected chi connectivity index (χ2v) is 9.71. The quantitative estimate of drug-likeness (QED) is 0.237. The summed E-state index contributed by atoms with van der Waals surface area (Å²) in [4.78, 5) is 25.6. The number of nitroso groups, excluding NO2 is 1. The molecule has 1 aliphatic carbocycles. The van der Waals surface area contributed by atoms with Gasteiger partial charge in [0.1, 0.15) is 12.4 Å². The van der Waals surface area contributed by atoms with Gasteiger partial charge in [-0.25, -0.2) is 0 Å². The molecule has 2 aromatic carbocycles. The molecule has 0 bridgehead atoms. The van der Waals surface area contributed by atoms with Crippen molar-refractivity contribution in [3.63, 3.8) is 0 Å². The first-order valence-corrected chi connectivity index (χ1v) is 11.7. The zero-order valence-electron chi connectivity index (χ0n) is 19.0. The number of rotatable bonds is 10. The summed E-state index contributed by atoms with van der Waals surface area (Å²) >= 11 is 1.19. The molecule has 1 fully saturated rings. The first-order valence-electron chi connectivity index (χ1n) is 10.9. The van der Waals surface area contributed by atoms with Crippen molar-refractivity contribution in [3.05, 3.63) is 46.9 Å². The molecule has 1 aliphatic rings. The molecule has 0 aromatic heterocycles. The topological polar surface area (TPSA) is 68.2 Å². The van der Waals surface area contributed by atoms with E-state index in [0.717, 1.165) is 54.3 Å². The number of methoxy groups -OCH3 is 1. The molecule has 0 heterocycles. The zero-order chi connectivity index (χ0) is 22.3. The van der Waals surface area contributed by atoms with E-state index in [1.165, 1.54) is 18.4 Å². The normalized spacial score (nSPS) is 16.2. The SMILES string of the molecule is COc1ccc2cc([C@H](C)C(=O)OCCN(C)CC3(SN=O)CCCCC3)ccc2c1.Cl. The number of carbonyl (C=O) groups is 1. The lowest BCUT2D eigenvalue weighted by Crippen LogP contribution is -2.41. The first kappa shape index (κ1) is 26.4. The monoisotopic (exact) mass is 480 g/mol. The summed E-state index contributed by atoms with van der Waals surface area (Å²) in [5.74, 6) is 0.253. The Morgan fingerprint density at radius 2 is 1.84 bits per heavy atom. The second-order valence-electron chi connectivity index (χ2n) is 8.51. The van der Waals surface area contributed by atoms with Gasteiger partial charge in [-0.1, -0.05) is 43.5 Å². The van der Waals surface area contributed by atoms with Gasteiger partial charge in [0.25, 0.3) is 0 Å². The van der Waals surface area contributed by atoms with Crippen molar-refractivity contribution in [2.75, 3.05) is 33.9 Å². The maximum atomic E-state index is 12.6. The largest absolute Gasteiger partial charge is 0.497 e. The van der Waals surface area contributed by atoms with Crippen molar-refractivity contribution in [2.24, 2.45) is 4.58 Å². The molecule has 0 radical (unpaired) electrons. The van der Waals surface area contributed by atoms with Gasteiger partial charge >= 0.3 is 5.97 Å². The lowest BCUT2D eigenvalue weighted by Gasteiger charge is -2.36. The van der Waals surface area contributed by atoms with E-state index in [9.17, 15) is 9.70 Å². The minimum atomic E-state index is -0.337. The summed E-state index contributed by atoms with van der Waals surface area (Å²) in [5, 5.41) is 2.14. The fourth-order valence-electron chi connectivity index (χ4n) is 4.33. The zero-order valence-corrected chi connectivity index (χ0v) is 20.7. The minimum Gasteiger partial charge on any atom is -0.497 e. The predicted molar refractivity (Wildman–Crippen MR) is 134 cm³/mol. The number of ether oxygens (including phenoxy) is 2. The Labute approximate surface area is 200 Å². The van der Waals surface area contributed by atoms with E-state index in [4.69, 9.17) is 9.47 Å². The molecule has 0 aliphatic heterocycles. The van der Waals surface area contributed by atoms with Crippen molar-refractivity contribution in [3.8, 4) is 5.75 Å². The van der Waals surface area contributed by atoms with Crippen LogP contribution in [-0.2, 0) is 9.53 Å². The molecule has 6 nitrogen and oxygen atoms in total. The van der Waals surface area contributed by atoms with Crippen molar-refractivity contribution in [1.82, 2.24) is 4.90 Å². The predicted octanol–water partition coefficient (Wildman–Crippen LogP) is 5.97. The summed E-state index contributed by atoms with van der Waals surface area (Å²) in [6.07, 6.45) is 5.53. The highest BCUT2D eigenvalue weighted by molar-refractivity contribution is 7.99. The van der Waals surface area contributed by atoms with Crippen LogP contribution >= 0.6 is 24.4 Å². The maximum Gasteiger partial charge on any atom is 0.313 e. The molecule has 1 atom stereocenters. The van der Waals surface area contributed by atoms with Gasteiger partial charge < -0.3 is 14.4 Å². The molecule has 3 rings (SSSR count). The van der Waals surface area contributed by atoms with Gasteiger partial charge in [0, 0.05) is 29.6 Å². The average Bonchev–Trinajstić information content (AvgIpc) is 2.78. The second kappa shape index (κ2) is 12.4. The summed E-state index contributed by atoms with van der Waals surface area (Å²) in [6.45, 7) is 3.63. The molecule has 176 valence electrons. The summed E-state index contributed by atoms with van der Waals surface area (Å²) < 4.78 is 13.9. The molecule has 32 heavy (non-hydrogen) atoms. The Balaban J connectivity index is 0.00000363. The number of nitrogens with zero attached hydrogens (tertiary/aromatic N) is 2. The molecule has 1 saturated carbocycles. The van der Waals surface area contributed by atoms with Crippen LogP contribution in [0.3, 0.4) is 0 Å². The van der Waals surface area contributed by atoms with Gasteiger partial charge in [0.15, 0.2) is 0 Å². The van der Waals surface area contributed by atoms with Crippen LogP contribution in [0.4, 0.5) is 0 Å². The maximum absolute atomic E-state index is 12.6. The molecule has 0 amide bonds. The molecule has 2 aromatic rings. The van der Waals surface area contributed by atoms with E-state index in [1.807, 2.05) is 50.4 Å². The van der Waals surface area contributed by atoms with Crippen LogP contribution < -0.4 is 4.74 Å². The standard InChI is InChI=1S/C24H32N2O4S.ClH/c1-18(19-7-8-21-16-22(29-3)10-9-20(21)15-19)23(27)30-14-13-26(2)17-24(31-25-28)11-5-4-6-12-24;/h7-10,15-16,18H,4-6,11-14,17H2,1-3H3;1H/t18-;/m0./s1. The summed E-state index contributed by atoms with van der Waals surface area (Å²) in [6, 6.07) is 11.9. The molecular formula is C24H33ClN2O4S. The van der Waals surface area contributed by atoms with Gasteiger partial charge in [-0.05, 0) is 55.3 Å². The van der Waals surface area contributed by atoms with Crippen LogP contribution in [0.25, 0.3) is 10.8 Å². The van der Waals surface area contributed by atoms with Crippen molar-refractivity contribution in [1.29, 1.82) is 0 Å². The number of likely N-dealkylation sites (N-methyl/N-ethyl adjacent to an activating group) is 1. The van der Waals surface area contributed by atoms with E-state index >= 15 is 0 Å². The number of esters is 1. The Kier molecular flexibility index (Phi) is 10.3. The molecule has 0 saturated heterocycles. The average molecular weight is 481 g/mol. The van der Waals surface area contributed by atoms with Crippen molar-refractivity contribution >= 4 is 41.1 Å².